The number of aryl methyl sites for hydroxylation is 1. The van der Waals surface area contributed by atoms with E-state index in [1.165, 1.54) is 11.3 Å². The number of rotatable bonds is 1. The zero-order chi connectivity index (χ0) is 9.42. The van der Waals surface area contributed by atoms with Gasteiger partial charge in [-0.3, -0.25) is 0 Å². The highest BCUT2D eigenvalue weighted by atomic mass is 79.9. The summed E-state index contributed by atoms with van der Waals surface area (Å²) in [6.45, 7) is 1.96. The van der Waals surface area contributed by atoms with Crippen molar-refractivity contribution >= 4 is 37.4 Å². The molecule has 1 aromatic carbocycles. The fraction of sp³-hybridized carbons (Fsp3) is 0.200. The molecule has 0 fully saturated rings. The lowest BCUT2D eigenvalue weighted by Gasteiger charge is -2.02. The molecule has 0 saturated carbocycles. The predicted octanol–water partition coefficient (Wildman–Crippen LogP) is 4.37. The van der Waals surface area contributed by atoms with Crippen molar-refractivity contribution in [2.45, 2.75) is 13.3 Å². The van der Waals surface area contributed by atoms with Crippen LogP contribution in [0.4, 0.5) is 4.39 Å². The maximum atomic E-state index is 13.7. The number of benzene rings is 1. The van der Waals surface area contributed by atoms with Crippen LogP contribution in [0.25, 0.3) is 10.1 Å². The zero-order valence-electron chi connectivity index (χ0n) is 7.10. The highest BCUT2D eigenvalue weighted by molar-refractivity contribution is 9.10. The van der Waals surface area contributed by atoms with E-state index in [1.54, 1.807) is 0 Å². The maximum absolute atomic E-state index is 13.7. The summed E-state index contributed by atoms with van der Waals surface area (Å²) in [5.41, 5.74) is 0.779. The van der Waals surface area contributed by atoms with Crippen LogP contribution in [0.2, 0.25) is 0 Å². The first-order chi connectivity index (χ1) is 6.24. The van der Waals surface area contributed by atoms with E-state index in [9.17, 15) is 4.39 Å². The van der Waals surface area contributed by atoms with Gasteiger partial charge < -0.3 is 0 Å². The topological polar surface area (TPSA) is 0 Å². The molecule has 2 rings (SSSR count). The van der Waals surface area contributed by atoms with Crippen molar-refractivity contribution in [2.24, 2.45) is 0 Å². The monoisotopic (exact) mass is 258 g/mol. The van der Waals surface area contributed by atoms with Crippen LogP contribution < -0.4 is 0 Å². The molecular weight excluding hydrogens is 251 g/mol. The van der Waals surface area contributed by atoms with E-state index in [4.69, 9.17) is 0 Å². The van der Waals surface area contributed by atoms with Gasteiger partial charge in [-0.05, 0) is 29.5 Å². The van der Waals surface area contributed by atoms with Crippen LogP contribution in [0.1, 0.15) is 12.5 Å². The van der Waals surface area contributed by atoms with E-state index >= 15 is 0 Å². The Balaban J connectivity index is 2.85. The van der Waals surface area contributed by atoms with Crippen molar-refractivity contribution in [3.63, 3.8) is 0 Å². The van der Waals surface area contributed by atoms with Gasteiger partial charge in [0.05, 0.1) is 4.70 Å². The summed E-state index contributed by atoms with van der Waals surface area (Å²) in [6.07, 6.45) is 0.734. The van der Waals surface area contributed by atoms with Gasteiger partial charge in [0, 0.05) is 9.86 Å². The minimum atomic E-state index is -0.0595. The lowest BCUT2D eigenvalue weighted by Crippen LogP contribution is -1.87. The normalized spacial score (nSPS) is 11.0. The van der Waals surface area contributed by atoms with Gasteiger partial charge in [0.2, 0.25) is 0 Å². The molecule has 0 radical (unpaired) electrons. The second kappa shape index (κ2) is 3.39. The van der Waals surface area contributed by atoms with E-state index in [1.807, 2.05) is 24.4 Å². The molecule has 1 heterocycles. The summed E-state index contributed by atoms with van der Waals surface area (Å²) in [5.74, 6) is -0.0595. The van der Waals surface area contributed by atoms with Gasteiger partial charge in [-0.1, -0.05) is 22.9 Å². The molecule has 2 aromatic rings. The predicted molar refractivity (Wildman–Crippen MR) is 58.9 cm³/mol. The quantitative estimate of drug-likeness (QED) is 0.713. The van der Waals surface area contributed by atoms with Gasteiger partial charge in [0.15, 0.2) is 0 Å². The van der Waals surface area contributed by atoms with Crippen molar-refractivity contribution < 1.29 is 4.39 Å². The summed E-state index contributed by atoms with van der Waals surface area (Å²) in [4.78, 5) is 0. The second-order valence-electron chi connectivity index (χ2n) is 2.85. The average molecular weight is 259 g/mol. The van der Waals surface area contributed by atoms with E-state index in [0.717, 1.165) is 26.5 Å². The van der Waals surface area contributed by atoms with Crippen LogP contribution in [-0.4, -0.2) is 0 Å². The molecule has 0 N–H and O–H groups in total. The number of hydrogen-bond acceptors (Lipinski definition) is 1. The first kappa shape index (κ1) is 9.16. The summed E-state index contributed by atoms with van der Waals surface area (Å²) in [5, 5.41) is 2.89. The Bertz CT molecular complexity index is 447. The van der Waals surface area contributed by atoms with Crippen LogP contribution in [-0.2, 0) is 6.42 Å². The molecule has 0 unspecified atom stereocenters. The summed E-state index contributed by atoms with van der Waals surface area (Å²) < 4.78 is 15.4. The third-order valence-corrected chi connectivity index (χ3v) is 3.65. The van der Waals surface area contributed by atoms with Gasteiger partial charge in [0.25, 0.3) is 0 Å². The van der Waals surface area contributed by atoms with E-state index in [0.29, 0.717) is 0 Å². The second-order valence-corrected chi connectivity index (χ2v) is 4.62. The van der Waals surface area contributed by atoms with Crippen molar-refractivity contribution in [2.75, 3.05) is 0 Å². The molecule has 0 aliphatic heterocycles. The minimum absolute atomic E-state index is 0.0595. The lowest BCUT2D eigenvalue weighted by molar-refractivity contribution is 0.626. The Labute approximate surface area is 88.5 Å². The largest absolute Gasteiger partial charge is 0.205 e. The highest BCUT2D eigenvalue weighted by Gasteiger charge is 2.10. The molecule has 0 bridgehead atoms. The summed E-state index contributed by atoms with van der Waals surface area (Å²) in [6, 6.07) is 3.80. The van der Waals surface area contributed by atoms with Gasteiger partial charge in [0.1, 0.15) is 5.82 Å². The molecule has 0 amide bonds. The molecule has 0 aliphatic carbocycles. The maximum Gasteiger partial charge on any atom is 0.144 e. The summed E-state index contributed by atoms with van der Waals surface area (Å²) >= 11 is 4.89. The van der Waals surface area contributed by atoms with Crippen molar-refractivity contribution in [1.82, 2.24) is 0 Å². The Morgan fingerprint density at radius 2 is 2.31 bits per heavy atom. The molecule has 0 saturated heterocycles. The smallest absolute Gasteiger partial charge is 0.144 e. The summed E-state index contributed by atoms with van der Waals surface area (Å²) in [7, 11) is 0. The lowest BCUT2D eigenvalue weighted by atomic mass is 10.1. The fourth-order valence-corrected chi connectivity index (χ4v) is 2.98. The van der Waals surface area contributed by atoms with Gasteiger partial charge in [-0.2, -0.15) is 0 Å². The first-order valence-corrected chi connectivity index (χ1v) is 5.75. The Morgan fingerprint density at radius 3 is 3.00 bits per heavy atom. The van der Waals surface area contributed by atoms with Gasteiger partial charge in [-0.25, -0.2) is 4.39 Å². The van der Waals surface area contributed by atoms with Crippen molar-refractivity contribution in [1.29, 1.82) is 0 Å². The molecule has 0 nitrogen and oxygen atoms in total. The number of thiophene rings is 1. The standard InChI is InChI=1S/C10H8BrFS/c1-2-6-5-8(11)7-3-4-13-10(7)9(6)12/h3-5H,2H2,1H3. The Kier molecular flexibility index (Phi) is 2.39. The molecular formula is C10H8BrFS. The van der Waals surface area contributed by atoms with Crippen molar-refractivity contribution in [3.05, 3.63) is 33.4 Å². The molecule has 13 heavy (non-hydrogen) atoms. The Morgan fingerprint density at radius 1 is 1.54 bits per heavy atom. The third-order valence-electron chi connectivity index (χ3n) is 2.09. The van der Waals surface area contributed by atoms with Crippen LogP contribution in [0.5, 0.6) is 0 Å². The van der Waals surface area contributed by atoms with Crippen LogP contribution >= 0.6 is 27.3 Å². The Hall–Kier alpha value is -0.410. The van der Waals surface area contributed by atoms with E-state index in [2.05, 4.69) is 15.9 Å². The number of hydrogen-bond donors (Lipinski definition) is 0. The number of fused-ring (bicyclic) bond motifs is 1. The average Bonchev–Trinajstić information content (AvgIpc) is 2.60. The molecule has 3 heteroatoms. The third kappa shape index (κ3) is 1.40. The minimum Gasteiger partial charge on any atom is -0.205 e. The van der Waals surface area contributed by atoms with Crippen LogP contribution in [0, 0.1) is 5.82 Å². The van der Waals surface area contributed by atoms with Crippen LogP contribution in [0.15, 0.2) is 22.0 Å². The van der Waals surface area contributed by atoms with E-state index in [-0.39, 0.29) is 5.82 Å². The van der Waals surface area contributed by atoms with Crippen molar-refractivity contribution in [3.8, 4) is 0 Å². The SMILES string of the molecule is CCc1cc(Br)c2ccsc2c1F. The first-order valence-electron chi connectivity index (χ1n) is 4.08. The molecule has 68 valence electrons. The molecule has 0 atom stereocenters. The van der Waals surface area contributed by atoms with Gasteiger partial charge in [-0.15, -0.1) is 11.3 Å². The highest BCUT2D eigenvalue weighted by Crippen LogP contribution is 2.32. The number of halogens is 2. The van der Waals surface area contributed by atoms with E-state index < -0.39 is 0 Å². The zero-order valence-corrected chi connectivity index (χ0v) is 9.51. The van der Waals surface area contributed by atoms with Gasteiger partial charge >= 0.3 is 0 Å². The molecule has 1 aromatic heterocycles. The van der Waals surface area contributed by atoms with Crippen LogP contribution in [0.3, 0.4) is 0 Å². The fourth-order valence-electron chi connectivity index (χ4n) is 1.36. The molecule has 0 aliphatic rings. The molecule has 0 spiro atoms.